The topological polar surface area (TPSA) is 87.8 Å². The van der Waals surface area contributed by atoms with E-state index in [0.29, 0.717) is 17.3 Å². The fourth-order valence-electron chi connectivity index (χ4n) is 5.23. The Morgan fingerprint density at radius 3 is 2.09 bits per heavy atom. The molecule has 7 nitrogen and oxygen atoms in total. The Morgan fingerprint density at radius 1 is 0.977 bits per heavy atom. The molecule has 1 aromatic heterocycles. The number of unbranched alkanes of at least 4 members (excludes halogenated alkanes) is 2. The van der Waals surface area contributed by atoms with Crippen LogP contribution >= 0.6 is 0 Å². The normalized spacial score (nSPS) is 14.5. The van der Waals surface area contributed by atoms with Crippen LogP contribution in [0, 0.1) is 5.41 Å². The Morgan fingerprint density at radius 2 is 1.56 bits per heavy atom. The molecule has 3 aromatic rings. The molecule has 8 heteroatoms. The quantitative estimate of drug-likeness (QED) is 0.248. The van der Waals surface area contributed by atoms with Crippen LogP contribution in [0.2, 0.25) is 0 Å². The average molecular weight is 612 g/mol. The van der Waals surface area contributed by atoms with Crippen molar-refractivity contribution in [2.75, 3.05) is 24.7 Å². The number of hydrogen-bond acceptors (Lipinski definition) is 5. The van der Waals surface area contributed by atoms with Crippen LogP contribution in [-0.4, -0.2) is 39.3 Å². The van der Waals surface area contributed by atoms with Gasteiger partial charge >= 0.3 is 0 Å². The van der Waals surface area contributed by atoms with Crippen LogP contribution in [0.25, 0.3) is 0 Å². The maximum Gasteiger partial charge on any atom is 0.300 e. The van der Waals surface area contributed by atoms with E-state index in [9.17, 15) is 8.42 Å². The molecule has 43 heavy (non-hydrogen) atoms. The van der Waals surface area contributed by atoms with Gasteiger partial charge in [-0.2, -0.15) is 0 Å². The Balaban J connectivity index is 0.000000288. The zero-order chi connectivity index (χ0) is 31.9. The van der Waals surface area contributed by atoms with Crippen molar-refractivity contribution < 1.29 is 27.6 Å². The monoisotopic (exact) mass is 611 g/mol. The number of para-hydroxylation sites is 1. The number of ether oxygens (including phenoxy) is 1. The van der Waals surface area contributed by atoms with Crippen LogP contribution in [-0.2, 0) is 34.7 Å². The summed E-state index contributed by atoms with van der Waals surface area (Å²) in [6.07, 6.45) is 12.5. The summed E-state index contributed by atoms with van der Waals surface area (Å²) >= 11 is 0. The third-order valence-corrected chi connectivity index (χ3v) is 9.69. The summed E-state index contributed by atoms with van der Waals surface area (Å²) in [4.78, 5) is 11.6. The Labute approximate surface area is 259 Å². The van der Waals surface area contributed by atoms with Gasteiger partial charge in [0.05, 0.1) is 10.6 Å². The van der Waals surface area contributed by atoms with Gasteiger partial charge in [0.2, 0.25) is 0 Å². The van der Waals surface area contributed by atoms with Crippen molar-refractivity contribution in [2.45, 2.75) is 83.6 Å². The highest BCUT2D eigenvalue weighted by atomic mass is 32.2. The first-order valence-corrected chi connectivity index (χ1v) is 16.9. The number of sulfone groups is 1. The number of aromatic nitrogens is 1. The zero-order valence-electron chi connectivity index (χ0n) is 26.9. The largest absolute Gasteiger partial charge is 0.489 e. The number of pyridine rings is 1. The fourth-order valence-corrected chi connectivity index (χ4v) is 7.46. The lowest BCUT2D eigenvalue weighted by Crippen LogP contribution is -2.29. The smallest absolute Gasteiger partial charge is 0.300 e. The summed E-state index contributed by atoms with van der Waals surface area (Å²) in [5, 5.41) is 7.42. The molecule has 236 valence electrons. The van der Waals surface area contributed by atoms with Crippen molar-refractivity contribution in [3.05, 3.63) is 84.2 Å². The summed E-state index contributed by atoms with van der Waals surface area (Å²) in [6.45, 7) is 6.08. The van der Waals surface area contributed by atoms with Crippen molar-refractivity contribution in [3.63, 3.8) is 0 Å². The number of nitrogens with zero attached hydrogens (tertiary/aromatic N) is 2. The molecule has 0 fully saturated rings. The second kappa shape index (κ2) is 17.7. The minimum absolute atomic E-state index is 0.0395. The molecule has 0 aliphatic carbocycles. The predicted octanol–water partition coefficient (Wildman–Crippen LogP) is 7.02. The van der Waals surface area contributed by atoms with Gasteiger partial charge in [-0.3, -0.25) is 4.79 Å². The van der Waals surface area contributed by atoms with Gasteiger partial charge in [0.25, 0.3) is 5.97 Å². The SMILES string of the molecule is CC(=O)O.CCCCC1(CCCC)CCc2cc(N(C)C)ccc2S(=O)(=O)C1.C[n+]1ccc(COc2ccccc2)cc1. The van der Waals surface area contributed by atoms with E-state index in [4.69, 9.17) is 14.6 Å². The lowest BCUT2D eigenvalue weighted by Gasteiger charge is -2.32. The second-order valence-corrected chi connectivity index (χ2v) is 13.6. The molecule has 4 rings (SSSR count). The van der Waals surface area contributed by atoms with E-state index in [1.165, 1.54) is 5.56 Å². The minimum atomic E-state index is -3.21. The average Bonchev–Trinajstić information content (AvgIpc) is 3.08. The molecule has 0 saturated carbocycles. The molecule has 2 heterocycles. The Kier molecular flexibility index (Phi) is 14.7. The molecule has 1 aliphatic heterocycles. The summed E-state index contributed by atoms with van der Waals surface area (Å²) in [5.74, 6) is 0.402. The summed E-state index contributed by atoms with van der Waals surface area (Å²) < 4.78 is 33.8. The Bertz CT molecular complexity index is 1340. The maximum atomic E-state index is 13.1. The minimum Gasteiger partial charge on any atom is -0.489 e. The summed E-state index contributed by atoms with van der Waals surface area (Å²) in [7, 11) is 2.79. The Hall–Kier alpha value is -3.39. The number of aryl methyl sites for hydroxylation is 2. The van der Waals surface area contributed by atoms with Crippen LogP contribution in [0.1, 0.15) is 76.8 Å². The third kappa shape index (κ3) is 12.4. The number of carbonyl (C=O) groups is 1. The van der Waals surface area contributed by atoms with Gasteiger partial charge in [0.15, 0.2) is 22.2 Å². The number of carboxylic acid groups (broad SMARTS) is 1. The van der Waals surface area contributed by atoms with E-state index in [-0.39, 0.29) is 5.41 Å². The van der Waals surface area contributed by atoms with Crippen molar-refractivity contribution in [1.82, 2.24) is 0 Å². The second-order valence-electron chi connectivity index (χ2n) is 11.6. The fraction of sp³-hybridized carbons (Fsp3) is 0.486. The van der Waals surface area contributed by atoms with Gasteiger partial charge in [0, 0.05) is 44.4 Å². The van der Waals surface area contributed by atoms with Crippen molar-refractivity contribution >= 4 is 21.5 Å². The highest BCUT2D eigenvalue weighted by molar-refractivity contribution is 7.91. The molecule has 0 bridgehead atoms. The summed E-state index contributed by atoms with van der Waals surface area (Å²) in [6, 6.07) is 19.8. The first kappa shape index (κ1) is 35.8. The number of rotatable bonds is 10. The standard InChI is InChI=1S/C20H33NO2S.C13H14NO.C2H4O2/c1-5-7-12-20(13-8-6-2)14-11-17-15-18(21(3)4)9-10-19(17)24(22,23)16-20;1-14-9-7-12(8-10-14)11-15-13-5-3-2-4-6-13;1-2(3)4/h9-10,15H,5-8,11-14,16H2,1-4H3;2-10H,11H2,1H3;1H3,(H,3,4)/q;+1;. The molecule has 0 spiro atoms. The predicted molar refractivity (Wildman–Crippen MR) is 174 cm³/mol. The molecular weight excluding hydrogens is 560 g/mol. The maximum absolute atomic E-state index is 13.1. The zero-order valence-corrected chi connectivity index (χ0v) is 27.7. The van der Waals surface area contributed by atoms with Crippen LogP contribution in [0.15, 0.2) is 78.0 Å². The number of carboxylic acids is 1. The van der Waals surface area contributed by atoms with Gasteiger partial charge < -0.3 is 14.7 Å². The van der Waals surface area contributed by atoms with Crippen LogP contribution < -0.4 is 14.2 Å². The molecular formula is C35H51N2O5S+. The van der Waals surface area contributed by atoms with E-state index in [1.54, 1.807) is 0 Å². The number of benzene rings is 2. The lowest BCUT2D eigenvalue weighted by molar-refractivity contribution is -0.671. The van der Waals surface area contributed by atoms with E-state index in [2.05, 4.69) is 32.0 Å². The number of aliphatic carboxylic acids is 1. The van der Waals surface area contributed by atoms with Gasteiger partial charge in [-0.15, -0.1) is 0 Å². The van der Waals surface area contributed by atoms with Gasteiger partial charge in [-0.25, -0.2) is 13.0 Å². The molecule has 0 unspecified atom stereocenters. The molecule has 0 saturated heterocycles. The number of anilines is 1. The molecule has 1 N–H and O–H groups in total. The highest BCUT2D eigenvalue weighted by Gasteiger charge is 2.38. The number of hydrogen-bond donors (Lipinski definition) is 1. The van der Waals surface area contributed by atoms with E-state index < -0.39 is 15.8 Å². The van der Waals surface area contributed by atoms with Crippen molar-refractivity contribution in [2.24, 2.45) is 12.5 Å². The van der Waals surface area contributed by atoms with Crippen molar-refractivity contribution in [3.8, 4) is 5.75 Å². The summed E-state index contributed by atoms with van der Waals surface area (Å²) in [5.41, 5.74) is 3.23. The highest BCUT2D eigenvalue weighted by Crippen LogP contribution is 2.42. The van der Waals surface area contributed by atoms with Crippen LogP contribution in [0.5, 0.6) is 5.75 Å². The van der Waals surface area contributed by atoms with E-state index >= 15 is 0 Å². The molecule has 0 atom stereocenters. The molecule has 0 radical (unpaired) electrons. The van der Waals surface area contributed by atoms with E-state index in [1.807, 2.05) is 85.5 Å². The van der Waals surface area contributed by atoms with Gasteiger partial charge in [-0.05, 0) is 67.0 Å². The van der Waals surface area contributed by atoms with E-state index in [0.717, 1.165) is 75.3 Å². The third-order valence-electron chi connectivity index (χ3n) is 7.63. The first-order valence-electron chi connectivity index (χ1n) is 15.3. The molecule has 1 aliphatic rings. The first-order chi connectivity index (χ1) is 20.4. The van der Waals surface area contributed by atoms with Crippen molar-refractivity contribution in [1.29, 1.82) is 0 Å². The lowest BCUT2D eigenvalue weighted by atomic mass is 9.75. The van der Waals surface area contributed by atoms with Gasteiger partial charge in [0.1, 0.15) is 19.4 Å². The van der Waals surface area contributed by atoms with Crippen LogP contribution in [0.4, 0.5) is 5.69 Å². The van der Waals surface area contributed by atoms with Gasteiger partial charge in [-0.1, -0.05) is 57.7 Å². The molecule has 2 aromatic carbocycles. The van der Waals surface area contributed by atoms with Crippen LogP contribution in [0.3, 0.4) is 0 Å². The number of fused-ring (bicyclic) bond motifs is 1. The molecule has 0 amide bonds.